The number of alkyl halides is 2. The second-order valence-corrected chi connectivity index (χ2v) is 9.60. The number of benzene rings is 2. The van der Waals surface area contributed by atoms with Gasteiger partial charge in [0.2, 0.25) is 0 Å². The third-order valence-electron chi connectivity index (χ3n) is 6.88. The number of phenolic OH excluding ortho intramolecular Hbond substituents is 1. The Hall–Kier alpha value is -2.43. The van der Waals surface area contributed by atoms with E-state index in [1.165, 1.54) is 12.1 Å². The van der Waals surface area contributed by atoms with Crippen LogP contribution < -0.4 is 4.90 Å². The van der Waals surface area contributed by atoms with Gasteiger partial charge in [0, 0.05) is 42.6 Å². The Morgan fingerprint density at radius 3 is 2.42 bits per heavy atom. The minimum atomic E-state index is -2.94. The van der Waals surface area contributed by atoms with Gasteiger partial charge < -0.3 is 14.8 Å². The number of piperidine rings is 1. The normalized spacial score (nSPS) is 23.6. The number of carbonyl (C=O) groups is 1. The summed E-state index contributed by atoms with van der Waals surface area (Å²) in [4.78, 5) is 13.3. The predicted molar refractivity (Wildman–Crippen MR) is 119 cm³/mol. The molecule has 1 saturated heterocycles. The molecule has 4 rings (SSSR count). The Morgan fingerprint density at radius 1 is 1.13 bits per heavy atom. The van der Waals surface area contributed by atoms with E-state index in [9.17, 15) is 18.7 Å². The van der Waals surface area contributed by atoms with Crippen molar-refractivity contribution in [3.8, 4) is 5.75 Å². The summed E-state index contributed by atoms with van der Waals surface area (Å²) < 4.78 is 30.0. The quantitative estimate of drug-likeness (QED) is 0.587. The first-order valence-electron chi connectivity index (χ1n) is 11.3. The van der Waals surface area contributed by atoms with E-state index in [-0.39, 0.29) is 35.5 Å². The van der Waals surface area contributed by atoms with Gasteiger partial charge >= 0.3 is 0 Å². The number of nitrogens with zero attached hydrogens (tertiary/aromatic N) is 1. The van der Waals surface area contributed by atoms with Crippen LogP contribution in [0.2, 0.25) is 0 Å². The molecule has 1 aliphatic carbocycles. The van der Waals surface area contributed by atoms with Crippen molar-refractivity contribution in [3.05, 3.63) is 59.2 Å². The highest BCUT2D eigenvalue weighted by atomic mass is 19.3. The molecule has 3 nitrogen and oxygen atoms in total. The molecule has 1 N–H and O–H groups in total. The van der Waals surface area contributed by atoms with Crippen LogP contribution in [0.15, 0.2) is 42.5 Å². The maximum atomic E-state index is 15.0. The molecular formula is C26H31F2NO2. The third-order valence-corrected chi connectivity index (χ3v) is 6.88. The van der Waals surface area contributed by atoms with E-state index in [1.54, 1.807) is 6.07 Å². The predicted octanol–water partition coefficient (Wildman–Crippen LogP) is 6.10. The van der Waals surface area contributed by atoms with Crippen molar-refractivity contribution in [2.45, 2.75) is 51.4 Å². The number of aromatic hydroxyl groups is 1. The molecule has 2 aliphatic rings. The number of carbonyl (C=O) groups excluding carboxylic acids is 1. The van der Waals surface area contributed by atoms with E-state index in [2.05, 4.69) is 43.0 Å². The largest absolute Gasteiger partial charge is 0.508 e. The molecule has 1 aliphatic heterocycles. The van der Waals surface area contributed by atoms with Gasteiger partial charge in [0.05, 0.1) is 0 Å². The average molecular weight is 428 g/mol. The minimum absolute atomic E-state index is 0.0440. The molecular weight excluding hydrogens is 396 g/mol. The molecule has 2 atom stereocenters. The molecule has 0 saturated carbocycles. The second kappa shape index (κ2) is 8.60. The maximum Gasteiger partial charge on any atom is 0.273 e. The SMILES string of the molecule is CC(C)C[C@@H]1CC(F)(F)c2cc(O)ccc2[C@@H]1c1ccc(N2CCC(C=O)CC2)cc1. The lowest BCUT2D eigenvalue weighted by atomic mass is 9.68. The van der Waals surface area contributed by atoms with E-state index < -0.39 is 5.92 Å². The monoisotopic (exact) mass is 427 g/mol. The smallest absolute Gasteiger partial charge is 0.273 e. The molecule has 2 aromatic carbocycles. The molecule has 0 unspecified atom stereocenters. The Balaban J connectivity index is 1.66. The van der Waals surface area contributed by atoms with Gasteiger partial charge in [0.25, 0.3) is 5.92 Å². The number of fused-ring (bicyclic) bond motifs is 1. The van der Waals surface area contributed by atoms with Gasteiger partial charge in [0.1, 0.15) is 12.0 Å². The molecule has 2 aromatic rings. The van der Waals surface area contributed by atoms with Crippen LogP contribution in [0.25, 0.3) is 0 Å². The molecule has 0 amide bonds. The van der Waals surface area contributed by atoms with Crippen molar-refractivity contribution < 1.29 is 18.7 Å². The maximum absolute atomic E-state index is 15.0. The summed E-state index contributed by atoms with van der Waals surface area (Å²) in [6.45, 7) is 5.87. The molecule has 1 heterocycles. The zero-order valence-corrected chi connectivity index (χ0v) is 18.2. The zero-order valence-electron chi connectivity index (χ0n) is 18.2. The number of hydrogen-bond acceptors (Lipinski definition) is 3. The summed E-state index contributed by atoms with van der Waals surface area (Å²) in [5.74, 6) is -2.86. The average Bonchev–Trinajstić information content (AvgIpc) is 2.74. The summed E-state index contributed by atoms with van der Waals surface area (Å²) in [6.07, 6.45) is 3.32. The third kappa shape index (κ3) is 4.46. The fourth-order valence-electron chi connectivity index (χ4n) is 5.41. The number of aldehydes is 1. The minimum Gasteiger partial charge on any atom is -0.508 e. The molecule has 0 spiro atoms. The first-order chi connectivity index (χ1) is 14.8. The Kier molecular flexibility index (Phi) is 6.05. The molecule has 0 radical (unpaired) electrons. The van der Waals surface area contributed by atoms with Crippen molar-refractivity contribution in [1.82, 2.24) is 0 Å². The fourth-order valence-corrected chi connectivity index (χ4v) is 5.41. The van der Waals surface area contributed by atoms with Gasteiger partial charge in [-0.2, -0.15) is 0 Å². The summed E-state index contributed by atoms with van der Waals surface area (Å²) in [6, 6.07) is 12.7. The fraction of sp³-hybridized carbons (Fsp3) is 0.500. The Morgan fingerprint density at radius 2 is 1.81 bits per heavy atom. The second-order valence-electron chi connectivity index (χ2n) is 9.60. The highest BCUT2D eigenvalue weighted by Crippen LogP contribution is 2.53. The van der Waals surface area contributed by atoms with Crippen molar-refractivity contribution in [3.63, 3.8) is 0 Å². The molecule has 166 valence electrons. The van der Waals surface area contributed by atoms with Gasteiger partial charge in [-0.25, -0.2) is 8.78 Å². The van der Waals surface area contributed by atoms with Gasteiger partial charge in [0.15, 0.2) is 0 Å². The van der Waals surface area contributed by atoms with E-state index in [0.29, 0.717) is 11.5 Å². The van der Waals surface area contributed by atoms with Gasteiger partial charge in [-0.05, 0) is 66.5 Å². The number of halogens is 2. The molecule has 5 heteroatoms. The summed E-state index contributed by atoms with van der Waals surface area (Å²) in [5.41, 5.74) is 2.73. The first kappa shape index (κ1) is 21.8. The lowest BCUT2D eigenvalue weighted by Crippen LogP contribution is -2.34. The Labute approximate surface area is 183 Å². The van der Waals surface area contributed by atoms with Crippen molar-refractivity contribution >= 4 is 12.0 Å². The zero-order chi connectivity index (χ0) is 22.2. The number of phenols is 1. The highest BCUT2D eigenvalue weighted by Gasteiger charge is 2.46. The van der Waals surface area contributed by atoms with E-state index in [4.69, 9.17) is 0 Å². The molecule has 1 fully saturated rings. The standard InChI is InChI=1S/C26H31F2NO2/c1-17(2)13-20-15-26(27,28)24-14-22(31)7-8-23(24)25(20)19-3-5-21(6-4-19)29-11-9-18(16-30)10-12-29/h3-8,14,16-18,20,25,31H,9-13,15H2,1-2H3/t20-,25-/m1/s1. The van der Waals surface area contributed by atoms with Crippen LogP contribution in [0, 0.1) is 17.8 Å². The van der Waals surface area contributed by atoms with E-state index in [0.717, 1.165) is 49.9 Å². The molecule has 31 heavy (non-hydrogen) atoms. The van der Waals surface area contributed by atoms with Gasteiger partial charge in [-0.3, -0.25) is 0 Å². The van der Waals surface area contributed by atoms with Crippen molar-refractivity contribution in [1.29, 1.82) is 0 Å². The van der Waals surface area contributed by atoms with Crippen LogP contribution in [0.1, 0.15) is 62.1 Å². The lowest BCUT2D eigenvalue weighted by molar-refractivity contribution is -0.111. The number of rotatable bonds is 5. The first-order valence-corrected chi connectivity index (χ1v) is 11.3. The van der Waals surface area contributed by atoms with Crippen molar-refractivity contribution in [2.24, 2.45) is 17.8 Å². The molecule has 0 aromatic heterocycles. The van der Waals surface area contributed by atoms with Crippen LogP contribution in [0.3, 0.4) is 0 Å². The van der Waals surface area contributed by atoms with Gasteiger partial charge in [-0.1, -0.05) is 32.0 Å². The Bertz CT molecular complexity index is 918. The van der Waals surface area contributed by atoms with Crippen LogP contribution in [0.5, 0.6) is 5.75 Å². The summed E-state index contributed by atoms with van der Waals surface area (Å²) in [5, 5.41) is 9.85. The topological polar surface area (TPSA) is 40.5 Å². The van der Waals surface area contributed by atoms with Crippen LogP contribution in [0.4, 0.5) is 14.5 Å². The van der Waals surface area contributed by atoms with E-state index in [1.807, 2.05) is 0 Å². The van der Waals surface area contributed by atoms with Crippen LogP contribution in [-0.2, 0) is 10.7 Å². The van der Waals surface area contributed by atoms with Crippen molar-refractivity contribution in [2.75, 3.05) is 18.0 Å². The summed E-state index contributed by atoms with van der Waals surface area (Å²) >= 11 is 0. The van der Waals surface area contributed by atoms with E-state index >= 15 is 0 Å². The molecule has 0 bridgehead atoms. The summed E-state index contributed by atoms with van der Waals surface area (Å²) in [7, 11) is 0. The number of anilines is 1. The van der Waals surface area contributed by atoms with Gasteiger partial charge in [-0.15, -0.1) is 0 Å². The highest BCUT2D eigenvalue weighted by molar-refractivity contribution is 5.56. The number of hydrogen-bond donors (Lipinski definition) is 1. The van der Waals surface area contributed by atoms with Crippen LogP contribution >= 0.6 is 0 Å². The van der Waals surface area contributed by atoms with Crippen LogP contribution in [-0.4, -0.2) is 24.5 Å². The lowest BCUT2D eigenvalue weighted by Gasteiger charge is -2.39.